The van der Waals surface area contributed by atoms with Gasteiger partial charge in [0.2, 0.25) is 5.43 Å². The highest BCUT2D eigenvalue weighted by Gasteiger charge is 2.15. The third-order valence-corrected chi connectivity index (χ3v) is 3.58. The Bertz CT molecular complexity index is 979. The van der Waals surface area contributed by atoms with E-state index in [0.717, 1.165) is 5.69 Å². The largest absolute Gasteiger partial charge is 0.320 e. The summed E-state index contributed by atoms with van der Waals surface area (Å²) >= 11 is 0. The molecule has 0 spiro atoms. The molecule has 7 heteroatoms. The maximum absolute atomic E-state index is 12.4. The fraction of sp³-hybridized carbons (Fsp3) is 0.0556. The van der Waals surface area contributed by atoms with Crippen LogP contribution in [0.25, 0.3) is 5.69 Å². The number of nitrogens with zero attached hydrogens (tertiary/aromatic N) is 3. The average molecular weight is 333 g/mol. The van der Waals surface area contributed by atoms with E-state index >= 15 is 0 Å². The number of anilines is 1. The minimum Gasteiger partial charge on any atom is -0.320 e. The van der Waals surface area contributed by atoms with E-state index < -0.39 is 11.3 Å². The van der Waals surface area contributed by atoms with E-state index in [1.54, 1.807) is 35.9 Å². The number of aryl methyl sites for hydroxylation is 1. The highest BCUT2D eigenvalue weighted by molar-refractivity contribution is 6.02. The van der Waals surface area contributed by atoms with Gasteiger partial charge < -0.3 is 5.32 Å². The van der Waals surface area contributed by atoms with Crippen molar-refractivity contribution in [2.24, 2.45) is 5.11 Å². The Morgan fingerprint density at radius 2 is 1.80 bits per heavy atom. The minimum atomic E-state index is -0.592. The molecule has 0 aliphatic heterocycles. The molecule has 0 fully saturated rings. The van der Waals surface area contributed by atoms with Crippen molar-refractivity contribution in [3.8, 4) is 5.69 Å². The Morgan fingerprint density at radius 1 is 1.12 bits per heavy atom. The first-order valence-corrected chi connectivity index (χ1v) is 7.54. The first kappa shape index (κ1) is 16.3. The lowest BCUT2D eigenvalue weighted by molar-refractivity contribution is 0.101. The minimum absolute atomic E-state index is 0.191. The van der Waals surface area contributed by atoms with Gasteiger partial charge in [0.1, 0.15) is 0 Å². The molecule has 0 aliphatic carbocycles. The van der Waals surface area contributed by atoms with Crippen LogP contribution in [0, 0.1) is 12.5 Å². The molecule has 1 heterocycles. The standard InChI is InChI=1S/C18H15N5O2/c1-12-11-16(24)17(22-23(12)15-5-3-2-4-6-15)18(25)20-13-7-9-14(21-19)10-8-13/h2-11,19H,1H3,(H,20,25). The summed E-state index contributed by atoms with van der Waals surface area (Å²) in [4.78, 5) is 24.6. The van der Waals surface area contributed by atoms with E-state index in [0.29, 0.717) is 17.1 Å². The van der Waals surface area contributed by atoms with E-state index in [1.165, 1.54) is 6.07 Å². The molecule has 3 aromatic rings. The van der Waals surface area contributed by atoms with Crippen LogP contribution in [0.1, 0.15) is 16.2 Å². The van der Waals surface area contributed by atoms with Crippen molar-refractivity contribution < 1.29 is 4.79 Å². The van der Waals surface area contributed by atoms with Crippen molar-refractivity contribution in [1.29, 1.82) is 5.53 Å². The maximum atomic E-state index is 12.4. The van der Waals surface area contributed by atoms with Gasteiger partial charge in [-0.05, 0) is 43.3 Å². The molecule has 7 nitrogen and oxygen atoms in total. The number of aromatic nitrogens is 2. The van der Waals surface area contributed by atoms with Gasteiger partial charge >= 0.3 is 0 Å². The first-order valence-electron chi connectivity index (χ1n) is 7.54. The number of amides is 1. The van der Waals surface area contributed by atoms with Crippen molar-refractivity contribution in [3.63, 3.8) is 0 Å². The first-order chi connectivity index (χ1) is 12.1. The van der Waals surface area contributed by atoms with Crippen LogP contribution in [0.5, 0.6) is 0 Å². The molecule has 0 aliphatic rings. The number of carbonyl (C=O) groups is 1. The number of rotatable bonds is 4. The zero-order chi connectivity index (χ0) is 17.8. The van der Waals surface area contributed by atoms with Crippen LogP contribution in [-0.4, -0.2) is 15.7 Å². The second-order valence-corrected chi connectivity index (χ2v) is 5.36. The normalized spacial score (nSPS) is 10.3. The molecule has 2 aromatic carbocycles. The van der Waals surface area contributed by atoms with E-state index in [1.807, 2.05) is 30.3 Å². The van der Waals surface area contributed by atoms with Crippen molar-refractivity contribution in [2.75, 3.05) is 5.32 Å². The van der Waals surface area contributed by atoms with Gasteiger partial charge in [-0.1, -0.05) is 18.2 Å². The number of para-hydroxylation sites is 1. The Labute approximate surface area is 143 Å². The van der Waals surface area contributed by atoms with Gasteiger partial charge in [-0.2, -0.15) is 10.2 Å². The SMILES string of the molecule is Cc1cc(=O)c(C(=O)Nc2ccc(N=N)cc2)nn1-c1ccccc1. The van der Waals surface area contributed by atoms with Crippen LogP contribution < -0.4 is 10.7 Å². The summed E-state index contributed by atoms with van der Waals surface area (Å²) in [6.45, 7) is 1.76. The van der Waals surface area contributed by atoms with Gasteiger partial charge in [0.05, 0.1) is 11.4 Å². The van der Waals surface area contributed by atoms with Crippen LogP contribution in [0.3, 0.4) is 0 Å². The van der Waals surface area contributed by atoms with Crippen molar-refractivity contribution in [1.82, 2.24) is 9.78 Å². The van der Waals surface area contributed by atoms with E-state index in [-0.39, 0.29) is 5.69 Å². The fourth-order valence-corrected chi connectivity index (χ4v) is 2.34. The Hall–Kier alpha value is -3.61. The molecule has 3 rings (SSSR count). The van der Waals surface area contributed by atoms with Crippen LogP contribution >= 0.6 is 0 Å². The third-order valence-electron chi connectivity index (χ3n) is 3.58. The van der Waals surface area contributed by atoms with E-state index in [9.17, 15) is 9.59 Å². The van der Waals surface area contributed by atoms with Crippen molar-refractivity contribution >= 4 is 17.3 Å². The molecule has 25 heavy (non-hydrogen) atoms. The number of hydrogen-bond acceptors (Lipinski definition) is 5. The van der Waals surface area contributed by atoms with Crippen LogP contribution in [0.2, 0.25) is 0 Å². The highest BCUT2D eigenvalue weighted by atomic mass is 16.2. The number of hydrogen-bond donors (Lipinski definition) is 2. The summed E-state index contributed by atoms with van der Waals surface area (Å²) in [5.41, 5.74) is 8.65. The Kier molecular flexibility index (Phi) is 4.47. The second kappa shape index (κ2) is 6.88. The van der Waals surface area contributed by atoms with E-state index in [4.69, 9.17) is 5.53 Å². The molecule has 0 atom stereocenters. The number of benzene rings is 2. The summed E-state index contributed by atoms with van der Waals surface area (Å²) in [5.74, 6) is -0.592. The monoisotopic (exact) mass is 333 g/mol. The molecule has 124 valence electrons. The lowest BCUT2D eigenvalue weighted by atomic mass is 10.2. The van der Waals surface area contributed by atoms with Crippen LogP contribution in [0.15, 0.2) is 70.6 Å². The molecule has 1 amide bonds. The zero-order valence-electron chi connectivity index (χ0n) is 13.4. The topological polar surface area (TPSA) is 100 Å². The van der Waals surface area contributed by atoms with Gasteiger partial charge in [0.15, 0.2) is 5.69 Å². The Balaban J connectivity index is 1.94. The summed E-state index contributed by atoms with van der Waals surface area (Å²) in [5, 5.41) is 10.1. The average Bonchev–Trinajstić information content (AvgIpc) is 2.63. The van der Waals surface area contributed by atoms with Gasteiger partial charge in [-0.3, -0.25) is 9.59 Å². The predicted octanol–water partition coefficient (Wildman–Crippen LogP) is 3.46. The predicted molar refractivity (Wildman–Crippen MR) is 93.8 cm³/mol. The van der Waals surface area contributed by atoms with E-state index in [2.05, 4.69) is 15.5 Å². The van der Waals surface area contributed by atoms with Crippen molar-refractivity contribution in [2.45, 2.75) is 6.92 Å². The molecule has 0 unspecified atom stereocenters. The molecule has 2 N–H and O–H groups in total. The summed E-state index contributed by atoms with van der Waals surface area (Å²) in [6, 6.07) is 17.1. The molecule has 0 saturated heterocycles. The summed E-state index contributed by atoms with van der Waals surface area (Å²) < 4.78 is 1.55. The second-order valence-electron chi connectivity index (χ2n) is 5.36. The van der Waals surface area contributed by atoms with Crippen LogP contribution in [0.4, 0.5) is 11.4 Å². The number of nitrogens with one attached hydrogen (secondary N) is 2. The van der Waals surface area contributed by atoms with Gasteiger partial charge in [0, 0.05) is 17.4 Å². The van der Waals surface area contributed by atoms with Gasteiger partial charge in [-0.15, -0.1) is 0 Å². The number of carbonyl (C=O) groups excluding carboxylic acids is 1. The fourth-order valence-electron chi connectivity index (χ4n) is 2.34. The third kappa shape index (κ3) is 3.50. The quantitative estimate of drug-likeness (QED) is 0.715. The molecule has 0 bridgehead atoms. The highest BCUT2D eigenvalue weighted by Crippen LogP contribution is 2.16. The van der Waals surface area contributed by atoms with Crippen molar-refractivity contribution in [3.05, 3.63) is 82.3 Å². The summed E-state index contributed by atoms with van der Waals surface area (Å²) in [7, 11) is 0. The zero-order valence-corrected chi connectivity index (χ0v) is 13.4. The van der Waals surface area contributed by atoms with Crippen LogP contribution in [-0.2, 0) is 0 Å². The maximum Gasteiger partial charge on any atom is 0.280 e. The molecule has 1 aromatic heterocycles. The van der Waals surface area contributed by atoms with Gasteiger partial charge in [-0.25, -0.2) is 10.2 Å². The molecular weight excluding hydrogens is 318 g/mol. The smallest absolute Gasteiger partial charge is 0.280 e. The van der Waals surface area contributed by atoms with Gasteiger partial charge in [0.25, 0.3) is 5.91 Å². The lowest BCUT2D eigenvalue weighted by Gasteiger charge is -2.11. The Morgan fingerprint density at radius 3 is 2.44 bits per heavy atom. The molecule has 0 radical (unpaired) electrons. The lowest BCUT2D eigenvalue weighted by Crippen LogP contribution is -2.26. The molecular formula is C18H15N5O2. The molecule has 0 saturated carbocycles. The summed E-state index contributed by atoms with van der Waals surface area (Å²) in [6.07, 6.45) is 0.